The number of hydrogen-bond acceptors (Lipinski definition) is 3. The molecule has 1 amide bonds. The maximum atomic E-state index is 11.5. The quantitative estimate of drug-likeness (QED) is 0.821. The first-order valence-electron chi connectivity index (χ1n) is 4.91. The highest BCUT2D eigenvalue weighted by molar-refractivity contribution is 6.34. The molecule has 0 saturated carbocycles. The van der Waals surface area contributed by atoms with E-state index in [0.29, 0.717) is 16.4 Å². The summed E-state index contributed by atoms with van der Waals surface area (Å²) >= 11 is 5.98. The van der Waals surface area contributed by atoms with Crippen LogP contribution in [0.1, 0.15) is 26.5 Å². The molecule has 0 spiro atoms. The number of aromatic nitrogens is 1. The Bertz CT molecular complexity index is 399. The number of nitrogens with zero attached hydrogens (tertiary/aromatic N) is 1. The van der Waals surface area contributed by atoms with E-state index in [4.69, 9.17) is 16.3 Å². The van der Waals surface area contributed by atoms with E-state index in [0.717, 1.165) is 0 Å². The maximum Gasteiger partial charge on any atom is 0.412 e. The van der Waals surface area contributed by atoms with E-state index in [2.05, 4.69) is 10.3 Å². The third kappa shape index (κ3) is 3.70. The van der Waals surface area contributed by atoms with E-state index in [1.807, 2.05) is 0 Å². The third-order valence-electron chi connectivity index (χ3n) is 1.70. The predicted octanol–water partition coefficient (Wildman–Crippen LogP) is 3.39. The van der Waals surface area contributed by atoms with Crippen molar-refractivity contribution in [2.75, 3.05) is 5.32 Å². The second-order valence-electron chi connectivity index (χ2n) is 4.38. The van der Waals surface area contributed by atoms with Gasteiger partial charge in [-0.25, -0.2) is 4.79 Å². The summed E-state index contributed by atoms with van der Waals surface area (Å²) in [4.78, 5) is 15.5. The van der Waals surface area contributed by atoms with E-state index < -0.39 is 11.7 Å². The van der Waals surface area contributed by atoms with Crippen LogP contribution >= 0.6 is 11.6 Å². The summed E-state index contributed by atoms with van der Waals surface area (Å²) in [6, 6.07) is 1.62. The van der Waals surface area contributed by atoms with Crippen molar-refractivity contribution in [3.05, 3.63) is 23.0 Å². The van der Waals surface area contributed by atoms with E-state index in [9.17, 15) is 4.79 Å². The van der Waals surface area contributed by atoms with Gasteiger partial charge in [0.05, 0.1) is 16.4 Å². The molecular formula is C11H15ClN2O2. The first-order chi connectivity index (χ1) is 7.29. The van der Waals surface area contributed by atoms with Crippen LogP contribution in [0.15, 0.2) is 12.3 Å². The minimum atomic E-state index is -0.529. The van der Waals surface area contributed by atoms with Gasteiger partial charge in [-0.05, 0) is 33.8 Å². The van der Waals surface area contributed by atoms with E-state index in [1.165, 1.54) is 0 Å². The molecule has 5 heteroatoms. The van der Waals surface area contributed by atoms with Crippen LogP contribution in [0, 0.1) is 6.92 Å². The summed E-state index contributed by atoms with van der Waals surface area (Å²) < 4.78 is 5.11. The first-order valence-corrected chi connectivity index (χ1v) is 5.28. The average molecular weight is 243 g/mol. The lowest BCUT2D eigenvalue weighted by Gasteiger charge is -2.20. The molecule has 1 heterocycles. The fourth-order valence-corrected chi connectivity index (χ4v) is 1.22. The second kappa shape index (κ2) is 4.70. The number of nitrogens with one attached hydrogen (secondary N) is 1. The Morgan fingerprint density at radius 1 is 1.50 bits per heavy atom. The Hall–Kier alpha value is -1.29. The molecule has 1 aromatic heterocycles. The Morgan fingerprint density at radius 3 is 2.69 bits per heavy atom. The normalized spacial score (nSPS) is 11.1. The predicted molar refractivity (Wildman–Crippen MR) is 63.8 cm³/mol. The van der Waals surface area contributed by atoms with Gasteiger partial charge in [0.25, 0.3) is 0 Å². The standard InChI is InChI=1S/C11H15ClN2O2/c1-7-9(12)8(5-6-13-7)14-10(15)16-11(2,3)4/h5-6H,1-4H3,(H,13,14,15). The fourth-order valence-electron chi connectivity index (χ4n) is 1.06. The van der Waals surface area contributed by atoms with Crippen LogP contribution in [0.2, 0.25) is 5.02 Å². The fraction of sp³-hybridized carbons (Fsp3) is 0.455. The van der Waals surface area contributed by atoms with Crippen LogP contribution in [0.5, 0.6) is 0 Å². The molecular weight excluding hydrogens is 228 g/mol. The summed E-state index contributed by atoms with van der Waals surface area (Å²) in [5, 5.41) is 3.00. The number of pyridine rings is 1. The lowest BCUT2D eigenvalue weighted by atomic mass is 10.2. The number of rotatable bonds is 1. The number of hydrogen-bond donors (Lipinski definition) is 1. The highest BCUT2D eigenvalue weighted by Gasteiger charge is 2.17. The van der Waals surface area contributed by atoms with Crippen molar-refractivity contribution in [3.63, 3.8) is 0 Å². The van der Waals surface area contributed by atoms with Crippen LogP contribution in [-0.4, -0.2) is 16.7 Å². The molecule has 0 aliphatic heterocycles. The molecule has 0 aromatic carbocycles. The minimum Gasteiger partial charge on any atom is -0.444 e. The summed E-state index contributed by atoms with van der Waals surface area (Å²) in [5.41, 5.74) is 0.636. The van der Waals surface area contributed by atoms with Crippen molar-refractivity contribution in [1.82, 2.24) is 4.98 Å². The number of amides is 1. The molecule has 16 heavy (non-hydrogen) atoms. The van der Waals surface area contributed by atoms with Crippen LogP contribution in [0.3, 0.4) is 0 Å². The second-order valence-corrected chi connectivity index (χ2v) is 4.76. The van der Waals surface area contributed by atoms with Crippen molar-refractivity contribution in [2.24, 2.45) is 0 Å². The number of anilines is 1. The molecule has 0 aliphatic carbocycles. The Morgan fingerprint density at radius 2 is 2.12 bits per heavy atom. The van der Waals surface area contributed by atoms with E-state index in [-0.39, 0.29) is 0 Å². The minimum absolute atomic E-state index is 0.424. The smallest absolute Gasteiger partial charge is 0.412 e. The van der Waals surface area contributed by atoms with Gasteiger partial charge in [0, 0.05) is 6.20 Å². The van der Waals surface area contributed by atoms with Gasteiger partial charge >= 0.3 is 6.09 Å². The SMILES string of the molecule is Cc1nccc(NC(=O)OC(C)(C)C)c1Cl. The molecule has 0 aliphatic rings. The summed E-state index contributed by atoms with van der Waals surface area (Å²) in [6.45, 7) is 7.16. The van der Waals surface area contributed by atoms with Gasteiger partial charge in [-0.15, -0.1) is 0 Å². The molecule has 0 fully saturated rings. The van der Waals surface area contributed by atoms with Gasteiger partial charge < -0.3 is 4.74 Å². The molecule has 0 radical (unpaired) electrons. The van der Waals surface area contributed by atoms with Crippen molar-refractivity contribution in [3.8, 4) is 0 Å². The van der Waals surface area contributed by atoms with Crippen LogP contribution in [0.4, 0.5) is 10.5 Å². The van der Waals surface area contributed by atoms with Gasteiger partial charge in [0.15, 0.2) is 0 Å². The molecule has 0 atom stereocenters. The summed E-state index contributed by atoms with van der Waals surface area (Å²) in [5.74, 6) is 0. The molecule has 88 valence electrons. The summed E-state index contributed by atoms with van der Waals surface area (Å²) in [6.07, 6.45) is 1.05. The van der Waals surface area contributed by atoms with Gasteiger partial charge in [-0.2, -0.15) is 0 Å². The monoisotopic (exact) mass is 242 g/mol. The van der Waals surface area contributed by atoms with Crippen molar-refractivity contribution >= 4 is 23.4 Å². The zero-order valence-electron chi connectivity index (χ0n) is 9.80. The number of halogens is 1. The zero-order valence-corrected chi connectivity index (χ0v) is 10.6. The van der Waals surface area contributed by atoms with Crippen molar-refractivity contribution in [1.29, 1.82) is 0 Å². The van der Waals surface area contributed by atoms with Crippen LogP contribution in [-0.2, 0) is 4.74 Å². The first kappa shape index (κ1) is 12.8. The summed E-state index contributed by atoms with van der Waals surface area (Å²) in [7, 11) is 0. The molecule has 4 nitrogen and oxygen atoms in total. The van der Waals surface area contributed by atoms with E-state index in [1.54, 1.807) is 40.0 Å². The molecule has 1 N–H and O–H groups in total. The molecule has 0 bridgehead atoms. The number of aryl methyl sites for hydroxylation is 1. The van der Waals surface area contributed by atoms with Gasteiger partial charge in [-0.3, -0.25) is 10.3 Å². The molecule has 1 rings (SSSR count). The van der Waals surface area contributed by atoms with Crippen LogP contribution < -0.4 is 5.32 Å². The van der Waals surface area contributed by atoms with Gasteiger partial charge in [-0.1, -0.05) is 11.6 Å². The molecule has 0 saturated heterocycles. The molecule has 0 unspecified atom stereocenters. The van der Waals surface area contributed by atoms with E-state index >= 15 is 0 Å². The largest absolute Gasteiger partial charge is 0.444 e. The number of carbonyl (C=O) groups is 1. The molecule has 1 aromatic rings. The highest BCUT2D eigenvalue weighted by Crippen LogP contribution is 2.23. The van der Waals surface area contributed by atoms with Gasteiger partial charge in [0.1, 0.15) is 5.60 Å². The Kier molecular flexibility index (Phi) is 3.75. The topological polar surface area (TPSA) is 51.2 Å². The Balaban J connectivity index is 2.74. The van der Waals surface area contributed by atoms with Crippen LogP contribution in [0.25, 0.3) is 0 Å². The van der Waals surface area contributed by atoms with Crippen molar-refractivity contribution < 1.29 is 9.53 Å². The Labute approximate surface area is 100.0 Å². The van der Waals surface area contributed by atoms with Gasteiger partial charge in [0.2, 0.25) is 0 Å². The number of ether oxygens (including phenoxy) is 1. The maximum absolute atomic E-state index is 11.5. The lowest BCUT2D eigenvalue weighted by Crippen LogP contribution is -2.27. The average Bonchev–Trinajstić information content (AvgIpc) is 2.09. The highest BCUT2D eigenvalue weighted by atomic mass is 35.5. The van der Waals surface area contributed by atoms with Crippen molar-refractivity contribution in [2.45, 2.75) is 33.3 Å². The number of carbonyl (C=O) groups excluding carboxylic acids is 1. The third-order valence-corrected chi connectivity index (χ3v) is 2.18. The lowest BCUT2D eigenvalue weighted by molar-refractivity contribution is 0.0636. The zero-order chi connectivity index (χ0) is 12.3.